The molecule has 168 valence electrons. The molecule has 0 bridgehead atoms. The van der Waals surface area contributed by atoms with Gasteiger partial charge in [0.2, 0.25) is 5.78 Å². The molecule has 0 aliphatic rings. The van der Waals surface area contributed by atoms with Crippen molar-refractivity contribution >= 4 is 17.6 Å². The molecule has 31 heavy (non-hydrogen) atoms. The number of Topliss-reactive ketones (excluding diaryl/α,β-unsaturated/α-hetero) is 1. The molecule has 0 radical (unpaired) electrons. The lowest BCUT2D eigenvalue weighted by Gasteiger charge is -2.13. The Morgan fingerprint density at radius 1 is 1.03 bits per heavy atom. The van der Waals surface area contributed by atoms with Gasteiger partial charge in [-0.2, -0.15) is 0 Å². The first kappa shape index (κ1) is 23.7. The summed E-state index contributed by atoms with van der Waals surface area (Å²) in [7, 11) is 2.56. The summed E-state index contributed by atoms with van der Waals surface area (Å²) in [6.07, 6.45) is 1.86. The van der Waals surface area contributed by atoms with Crippen molar-refractivity contribution in [2.24, 2.45) is 14.1 Å². The van der Waals surface area contributed by atoms with E-state index in [0.29, 0.717) is 24.7 Å². The van der Waals surface area contributed by atoms with Crippen LogP contribution in [-0.4, -0.2) is 40.7 Å². The lowest BCUT2D eigenvalue weighted by atomic mass is 10.2. The number of nitrogens with zero attached hydrogens (tertiary/aromatic N) is 2. The highest BCUT2D eigenvalue weighted by atomic mass is 16.5. The van der Waals surface area contributed by atoms with Gasteiger partial charge in [-0.05, 0) is 31.5 Å². The van der Waals surface area contributed by atoms with E-state index >= 15 is 0 Å². The van der Waals surface area contributed by atoms with E-state index in [0.717, 1.165) is 22.0 Å². The molecule has 0 saturated carbocycles. The standard InChI is InChI=1S/C21H27N3O7/c1-5-7-10-30-15-9-8-13(11-16(15)29-6-2)20(27)31-12-14(25)17-18(22)23(3)21(28)24(4)19(17)26/h8-9,11H,5-7,10,12,22H2,1-4H3. The number of aromatic nitrogens is 2. The Balaban J connectivity index is 2.17. The monoisotopic (exact) mass is 433 g/mol. The molecule has 0 unspecified atom stereocenters. The van der Waals surface area contributed by atoms with Crippen molar-refractivity contribution in [3.63, 3.8) is 0 Å². The summed E-state index contributed by atoms with van der Waals surface area (Å²) in [4.78, 5) is 49.0. The van der Waals surface area contributed by atoms with Crippen LogP contribution in [0.2, 0.25) is 0 Å². The van der Waals surface area contributed by atoms with E-state index in [2.05, 4.69) is 0 Å². The van der Waals surface area contributed by atoms with Crippen molar-refractivity contribution in [2.75, 3.05) is 25.6 Å². The molecule has 10 heteroatoms. The molecule has 1 aromatic heterocycles. The normalized spacial score (nSPS) is 10.6. The molecule has 1 aromatic carbocycles. The van der Waals surface area contributed by atoms with Gasteiger partial charge in [-0.1, -0.05) is 13.3 Å². The largest absolute Gasteiger partial charge is 0.490 e. The minimum Gasteiger partial charge on any atom is -0.490 e. The first-order valence-corrected chi connectivity index (χ1v) is 9.88. The molecule has 2 rings (SSSR count). The Labute approximate surface area is 179 Å². The zero-order valence-corrected chi connectivity index (χ0v) is 18.1. The fourth-order valence-corrected chi connectivity index (χ4v) is 2.76. The Hall–Kier alpha value is -3.56. The Morgan fingerprint density at radius 3 is 2.39 bits per heavy atom. The number of unbranched alkanes of at least 4 members (excludes halogenated alkanes) is 1. The van der Waals surface area contributed by atoms with Gasteiger partial charge in [0.15, 0.2) is 18.1 Å². The smallest absolute Gasteiger partial charge is 0.338 e. The molecular formula is C21H27N3O7. The van der Waals surface area contributed by atoms with Gasteiger partial charge in [-0.15, -0.1) is 0 Å². The van der Waals surface area contributed by atoms with Crippen molar-refractivity contribution in [3.8, 4) is 11.5 Å². The summed E-state index contributed by atoms with van der Waals surface area (Å²) in [5.41, 5.74) is 3.97. The summed E-state index contributed by atoms with van der Waals surface area (Å²) < 4.78 is 18.0. The van der Waals surface area contributed by atoms with E-state index in [1.807, 2.05) is 6.92 Å². The van der Waals surface area contributed by atoms with Crippen molar-refractivity contribution in [3.05, 3.63) is 50.2 Å². The summed E-state index contributed by atoms with van der Waals surface area (Å²) in [5.74, 6) is -0.998. The van der Waals surface area contributed by atoms with E-state index < -0.39 is 35.2 Å². The van der Waals surface area contributed by atoms with E-state index in [9.17, 15) is 19.2 Å². The van der Waals surface area contributed by atoms with Crippen molar-refractivity contribution in [1.82, 2.24) is 9.13 Å². The molecular weight excluding hydrogens is 406 g/mol. The number of ketones is 1. The maximum atomic E-state index is 12.5. The molecule has 0 aliphatic heterocycles. The highest BCUT2D eigenvalue weighted by Crippen LogP contribution is 2.29. The van der Waals surface area contributed by atoms with Crippen LogP contribution in [-0.2, 0) is 18.8 Å². The predicted molar refractivity (Wildman–Crippen MR) is 114 cm³/mol. The molecule has 1 heterocycles. The average molecular weight is 433 g/mol. The second kappa shape index (κ2) is 10.5. The first-order valence-electron chi connectivity index (χ1n) is 9.88. The molecule has 0 fully saturated rings. The highest BCUT2D eigenvalue weighted by molar-refractivity contribution is 6.02. The van der Waals surface area contributed by atoms with E-state index in [-0.39, 0.29) is 11.4 Å². The molecule has 0 saturated heterocycles. The van der Waals surface area contributed by atoms with Gasteiger partial charge in [0.05, 0.1) is 18.8 Å². The van der Waals surface area contributed by atoms with Crippen LogP contribution in [0.25, 0.3) is 0 Å². The molecule has 2 N–H and O–H groups in total. The van der Waals surface area contributed by atoms with Crippen molar-refractivity contribution in [1.29, 1.82) is 0 Å². The Bertz CT molecular complexity index is 1090. The molecule has 0 amide bonds. The number of nitrogen functional groups attached to an aromatic ring is 1. The van der Waals surface area contributed by atoms with Crippen LogP contribution in [0.4, 0.5) is 5.82 Å². The number of carbonyl (C=O) groups excluding carboxylic acids is 2. The first-order chi connectivity index (χ1) is 14.7. The average Bonchev–Trinajstić information content (AvgIpc) is 2.76. The van der Waals surface area contributed by atoms with Crippen LogP contribution in [0.5, 0.6) is 11.5 Å². The lowest BCUT2D eigenvalue weighted by Crippen LogP contribution is -2.42. The molecule has 0 aliphatic carbocycles. The molecule has 0 atom stereocenters. The zero-order valence-electron chi connectivity index (χ0n) is 18.1. The fourth-order valence-electron chi connectivity index (χ4n) is 2.76. The van der Waals surface area contributed by atoms with Crippen LogP contribution in [0.3, 0.4) is 0 Å². The Morgan fingerprint density at radius 2 is 1.74 bits per heavy atom. The van der Waals surface area contributed by atoms with Gasteiger partial charge >= 0.3 is 11.7 Å². The predicted octanol–water partition coefficient (Wildman–Crippen LogP) is 1.28. The SMILES string of the molecule is CCCCOc1ccc(C(=O)OCC(=O)c2c(N)n(C)c(=O)n(C)c2=O)cc1OCC. The number of ether oxygens (including phenoxy) is 3. The minimum atomic E-state index is -0.853. The fraction of sp³-hybridized carbons (Fsp3) is 0.429. The number of esters is 1. The van der Waals surface area contributed by atoms with Crippen molar-refractivity contribution < 1.29 is 23.8 Å². The van der Waals surface area contributed by atoms with Gasteiger partial charge in [0.25, 0.3) is 5.56 Å². The summed E-state index contributed by atoms with van der Waals surface area (Å²) in [5, 5.41) is 0. The number of rotatable bonds is 10. The maximum absolute atomic E-state index is 12.5. The number of hydrogen-bond acceptors (Lipinski definition) is 8. The van der Waals surface area contributed by atoms with Gasteiger partial charge in [0, 0.05) is 14.1 Å². The van der Waals surface area contributed by atoms with E-state index in [4.69, 9.17) is 19.9 Å². The van der Waals surface area contributed by atoms with Gasteiger partial charge < -0.3 is 19.9 Å². The van der Waals surface area contributed by atoms with E-state index in [1.165, 1.54) is 26.2 Å². The zero-order chi connectivity index (χ0) is 23.1. The second-order valence-corrected chi connectivity index (χ2v) is 6.76. The topological polar surface area (TPSA) is 132 Å². The summed E-state index contributed by atoms with van der Waals surface area (Å²) in [6.45, 7) is 4.03. The number of nitrogens with two attached hydrogens (primary N) is 1. The van der Waals surface area contributed by atoms with E-state index in [1.54, 1.807) is 13.0 Å². The van der Waals surface area contributed by atoms with Gasteiger partial charge in [-0.25, -0.2) is 9.59 Å². The Kier molecular flexibility index (Phi) is 8.00. The third-order valence-electron chi connectivity index (χ3n) is 4.56. The van der Waals surface area contributed by atoms with Crippen LogP contribution >= 0.6 is 0 Å². The summed E-state index contributed by atoms with van der Waals surface area (Å²) >= 11 is 0. The number of benzene rings is 1. The van der Waals surface area contributed by atoms with Gasteiger partial charge in [-0.3, -0.25) is 18.7 Å². The van der Waals surface area contributed by atoms with Crippen LogP contribution in [0.1, 0.15) is 47.4 Å². The quantitative estimate of drug-likeness (QED) is 0.337. The highest BCUT2D eigenvalue weighted by Gasteiger charge is 2.22. The lowest BCUT2D eigenvalue weighted by molar-refractivity contribution is 0.0473. The van der Waals surface area contributed by atoms with Crippen molar-refractivity contribution in [2.45, 2.75) is 26.7 Å². The molecule has 0 spiro atoms. The molecule has 2 aromatic rings. The second-order valence-electron chi connectivity index (χ2n) is 6.76. The van der Waals surface area contributed by atoms with Gasteiger partial charge in [0.1, 0.15) is 11.4 Å². The minimum absolute atomic E-state index is 0.153. The number of carbonyl (C=O) groups is 2. The van der Waals surface area contributed by atoms with Crippen LogP contribution in [0.15, 0.2) is 27.8 Å². The number of anilines is 1. The third kappa shape index (κ3) is 5.33. The third-order valence-corrected chi connectivity index (χ3v) is 4.56. The van der Waals surface area contributed by atoms with Crippen LogP contribution in [0, 0.1) is 0 Å². The number of hydrogen-bond donors (Lipinski definition) is 1. The maximum Gasteiger partial charge on any atom is 0.338 e. The van der Waals surface area contributed by atoms with Crippen LogP contribution < -0.4 is 26.5 Å². The summed E-state index contributed by atoms with van der Waals surface area (Å²) in [6, 6.07) is 4.56. The molecule has 10 nitrogen and oxygen atoms in total.